The Kier molecular flexibility index (Phi) is 4.96. The fourth-order valence-electron chi connectivity index (χ4n) is 0.986. The number of hydrogen-bond donors (Lipinski definition) is 1. The molecular weight excluding hydrogens is 154 g/mol. The first-order valence-corrected chi connectivity index (χ1v) is 7.44. The van der Waals surface area contributed by atoms with E-state index in [9.17, 15) is 4.80 Å². The van der Waals surface area contributed by atoms with Gasteiger partial charge in [0.15, 0.2) is 8.32 Å². The van der Waals surface area contributed by atoms with Gasteiger partial charge in [-0.2, -0.15) is 0 Å². The van der Waals surface area contributed by atoms with Crippen molar-refractivity contribution in [1.29, 1.82) is 0 Å². The topological polar surface area (TPSA) is 23.5 Å². The molecule has 3 heteroatoms. The summed E-state index contributed by atoms with van der Waals surface area (Å²) in [5, 5.41) is 0. The van der Waals surface area contributed by atoms with Crippen molar-refractivity contribution in [3.63, 3.8) is 0 Å². The standard InChI is InChI=1S/C8H21NOSi/c1-9(2)7-5-6-8-11(3,4)10/h10H,5-8H2,1-4H3. The monoisotopic (exact) mass is 175 g/mol. The van der Waals surface area contributed by atoms with Crippen molar-refractivity contribution in [2.75, 3.05) is 20.6 Å². The van der Waals surface area contributed by atoms with Crippen LogP contribution in [0.1, 0.15) is 12.8 Å². The third kappa shape index (κ3) is 10.1. The summed E-state index contributed by atoms with van der Waals surface area (Å²) in [6, 6.07) is 1.04. The van der Waals surface area contributed by atoms with Crippen molar-refractivity contribution >= 4 is 8.32 Å². The van der Waals surface area contributed by atoms with Gasteiger partial charge in [-0.1, -0.05) is 6.42 Å². The van der Waals surface area contributed by atoms with E-state index in [1.54, 1.807) is 0 Å². The highest BCUT2D eigenvalue weighted by molar-refractivity contribution is 6.69. The number of hydrogen-bond acceptors (Lipinski definition) is 2. The molecule has 0 spiro atoms. The maximum Gasteiger partial charge on any atom is 0.182 e. The lowest BCUT2D eigenvalue weighted by Crippen LogP contribution is -2.24. The van der Waals surface area contributed by atoms with E-state index in [-0.39, 0.29) is 0 Å². The molecule has 2 nitrogen and oxygen atoms in total. The molecule has 0 aromatic heterocycles. The van der Waals surface area contributed by atoms with Crippen LogP contribution in [0.5, 0.6) is 0 Å². The zero-order chi connectivity index (χ0) is 8.91. The van der Waals surface area contributed by atoms with E-state index in [1.807, 2.05) is 13.1 Å². The third-order valence-electron chi connectivity index (χ3n) is 1.64. The molecule has 0 saturated carbocycles. The Bertz CT molecular complexity index is 98.8. The van der Waals surface area contributed by atoms with Crippen LogP contribution in [0.2, 0.25) is 19.1 Å². The van der Waals surface area contributed by atoms with Gasteiger partial charge in [0.2, 0.25) is 0 Å². The van der Waals surface area contributed by atoms with Gasteiger partial charge in [0.05, 0.1) is 0 Å². The van der Waals surface area contributed by atoms with E-state index in [0.29, 0.717) is 0 Å². The van der Waals surface area contributed by atoms with Crippen LogP contribution in [0.3, 0.4) is 0 Å². The molecule has 0 saturated heterocycles. The SMILES string of the molecule is CN(C)CCCC[Si](C)(C)O. The summed E-state index contributed by atoms with van der Waals surface area (Å²) in [6.07, 6.45) is 2.39. The quantitative estimate of drug-likeness (QED) is 0.506. The van der Waals surface area contributed by atoms with Crippen molar-refractivity contribution in [1.82, 2.24) is 4.90 Å². The molecule has 0 radical (unpaired) electrons. The average Bonchev–Trinajstić information content (AvgIpc) is 1.78. The highest BCUT2D eigenvalue weighted by Gasteiger charge is 2.15. The second-order valence-corrected chi connectivity index (χ2v) is 8.20. The van der Waals surface area contributed by atoms with Crippen LogP contribution in [-0.2, 0) is 0 Å². The minimum Gasteiger partial charge on any atom is -0.432 e. The van der Waals surface area contributed by atoms with Gasteiger partial charge in [-0.05, 0) is 46.2 Å². The summed E-state index contributed by atoms with van der Waals surface area (Å²) in [4.78, 5) is 11.7. The molecule has 0 amide bonds. The smallest absolute Gasteiger partial charge is 0.182 e. The van der Waals surface area contributed by atoms with Crippen LogP contribution in [0.4, 0.5) is 0 Å². The molecular formula is C8H21NOSi. The van der Waals surface area contributed by atoms with E-state index in [2.05, 4.69) is 19.0 Å². The van der Waals surface area contributed by atoms with Crippen LogP contribution in [0.15, 0.2) is 0 Å². The first-order chi connectivity index (χ1) is 4.92. The van der Waals surface area contributed by atoms with E-state index in [4.69, 9.17) is 0 Å². The molecule has 0 aliphatic carbocycles. The van der Waals surface area contributed by atoms with Crippen LogP contribution in [0, 0.1) is 0 Å². The van der Waals surface area contributed by atoms with Gasteiger partial charge < -0.3 is 9.70 Å². The molecule has 0 fully saturated rings. The number of unbranched alkanes of at least 4 members (excludes halogenated alkanes) is 1. The van der Waals surface area contributed by atoms with Crippen LogP contribution in [-0.4, -0.2) is 38.7 Å². The summed E-state index contributed by atoms with van der Waals surface area (Å²) in [7, 11) is 2.42. The lowest BCUT2D eigenvalue weighted by atomic mass is 10.3. The number of rotatable bonds is 5. The predicted octanol–water partition coefficient (Wildman–Crippen LogP) is 1.53. The summed E-state index contributed by atoms with van der Waals surface area (Å²) >= 11 is 0. The Morgan fingerprint density at radius 2 is 1.73 bits per heavy atom. The van der Waals surface area contributed by atoms with Gasteiger partial charge in [0.25, 0.3) is 0 Å². The maximum absolute atomic E-state index is 9.51. The molecule has 68 valence electrons. The molecule has 0 aliphatic heterocycles. The minimum atomic E-state index is -1.75. The van der Waals surface area contributed by atoms with Crippen molar-refractivity contribution in [2.45, 2.75) is 32.0 Å². The average molecular weight is 175 g/mol. The molecule has 0 atom stereocenters. The molecule has 0 unspecified atom stereocenters. The van der Waals surface area contributed by atoms with Crippen molar-refractivity contribution in [2.24, 2.45) is 0 Å². The zero-order valence-corrected chi connectivity index (χ0v) is 9.22. The molecule has 1 N–H and O–H groups in total. The van der Waals surface area contributed by atoms with Crippen molar-refractivity contribution in [3.05, 3.63) is 0 Å². The fourth-order valence-corrected chi connectivity index (χ4v) is 2.10. The zero-order valence-electron chi connectivity index (χ0n) is 8.22. The number of nitrogens with zero attached hydrogens (tertiary/aromatic N) is 1. The lowest BCUT2D eigenvalue weighted by Gasteiger charge is -2.14. The predicted molar refractivity (Wildman–Crippen MR) is 52.3 cm³/mol. The van der Waals surface area contributed by atoms with E-state index >= 15 is 0 Å². The summed E-state index contributed by atoms with van der Waals surface area (Å²) in [6.45, 7) is 5.15. The molecule has 0 heterocycles. The highest BCUT2D eigenvalue weighted by Crippen LogP contribution is 2.09. The van der Waals surface area contributed by atoms with Crippen LogP contribution < -0.4 is 0 Å². The molecule has 0 aliphatic rings. The van der Waals surface area contributed by atoms with Crippen LogP contribution >= 0.6 is 0 Å². The van der Waals surface area contributed by atoms with Crippen molar-refractivity contribution < 1.29 is 4.80 Å². The molecule has 0 bridgehead atoms. The first kappa shape index (κ1) is 11.1. The maximum atomic E-state index is 9.51. The van der Waals surface area contributed by atoms with Gasteiger partial charge in [-0.25, -0.2) is 0 Å². The minimum absolute atomic E-state index is 1.04. The summed E-state index contributed by atoms with van der Waals surface area (Å²) in [5.74, 6) is 0. The third-order valence-corrected chi connectivity index (χ3v) is 3.22. The Morgan fingerprint density at radius 1 is 1.18 bits per heavy atom. The van der Waals surface area contributed by atoms with E-state index in [0.717, 1.165) is 12.6 Å². The molecule has 0 aromatic carbocycles. The Morgan fingerprint density at radius 3 is 2.09 bits per heavy atom. The van der Waals surface area contributed by atoms with Gasteiger partial charge in [-0.15, -0.1) is 0 Å². The Labute approximate surface area is 71.4 Å². The van der Waals surface area contributed by atoms with Gasteiger partial charge in [0.1, 0.15) is 0 Å². The lowest BCUT2D eigenvalue weighted by molar-refractivity contribution is 0.396. The van der Waals surface area contributed by atoms with Crippen molar-refractivity contribution in [3.8, 4) is 0 Å². The second-order valence-electron chi connectivity index (χ2n) is 4.07. The highest BCUT2D eigenvalue weighted by atomic mass is 28.4. The van der Waals surface area contributed by atoms with Gasteiger partial charge >= 0.3 is 0 Å². The molecule has 0 aromatic rings. The molecule has 0 rings (SSSR count). The van der Waals surface area contributed by atoms with Gasteiger partial charge in [0, 0.05) is 0 Å². The Hall–Kier alpha value is 0.137. The normalized spacial score (nSPS) is 12.5. The molecule has 11 heavy (non-hydrogen) atoms. The Balaban J connectivity index is 3.15. The van der Waals surface area contributed by atoms with Gasteiger partial charge in [-0.3, -0.25) is 0 Å². The first-order valence-electron chi connectivity index (χ1n) is 4.29. The largest absolute Gasteiger partial charge is 0.432 e. The second kappa shape index (κ2) is 4.90. The summed E-state index contributed by atoms with van der Waals surface area (Å²) < 4.78 is 0. The fraction of sp³-hybridized carbons (Fsp3) is 1.00. The van der Waals surface area contributed by atoms with E-state index < -0.39 is 8.32 Å². The summed E-state index contributed by atoms with van der Waals surface area (Å²) in [5.41, 5.74) is 0. The van der Waals surface area contributed by atoms with E-state index in [1.165, 1.54) is 12.8 Å². The van der Waals surface area contributed by atoms with Crippen LogP contribution in [0.25, 0.3) is 0 Å².